The summed E-state index contributed by atoms with van der Waals surface area (Å²) in [5.41, 5.74) is 11.4. The SMILES string of the molecule is CCC[C@H](CN)c1cc2ncc(-c3cc(C)c4nc(C)cn4n3)nc2s1. The van der Waals surface area contributed by atoms with E-state index in [0.29, 0.717) is 12.5 Å². The number of fused-ring (bicyclic) bond motifs is 2. The van der Waals surface area contributed by atoms with Gasteiger partial charge >= 0.3 is 0 Å². The minimum absolute atomic E-state index is 0.384. The number of nitrogens with zero attached hydrogens (tertiary/aromatic N) is 5. The molecule has 0 amide bonds. The van der Waals surface area contributed by atoms with Crippen molar-refractivity contribution in [2.24, 2.45) is 5.73 Å². The maximum Gasteiger partial charge on any atom is 0.156 e. The molecule has 7 heteroatoms. The number of rotatable bonds is 5. The fourth-order valence-electron chi connectivity index (χ4n) is 3.25. The number of imidazole rings is 1. The number of thiophene rings is 1. The van der Waals surface area contributed by atoms with Gasteiger partial charge in [0.2, 0.25) is 0 Å². The standard InChI is InChI=1S/C19H22N6S/c1-4-5-13(8-20)17-7-15-19(26-17)23-16(9-21-15)14-6-11(2)18-22-12(3)10-25(18)24-14/h6-7,9-10,13H,4-5,8,20H2,1-3H3/t13-/m1/s1. The van der Waals surface area contributed by atoms with Crippen molar-refractivity contribution >= 4 is 27.3 Å². The minimum Gasteiger partial charge on any atom is -0.330 e. The fraction of sp³-hybridized carbons (Fsp3) is 0.368. The number of aromatic nitrogens is 5. The third kappa shape index (κ3) is 2.97. The summed E-state index contributed by atoms with van der Waals surface area (Å²) in [6, 6.07) is 4.15. The third-order valence-corrected chi connectivity index (χ3v) is 5.76. The molecule has 0 aromatic carbocycles. The molecule has 4 aromatic rings. The van der Waals surface area contributed by atoms with E-state index in [0.717, 1.165) is 51.5 Å². The van der Waals surface area contributed by atoms with E-state index in [9.17, 15) is 0 Å². The summed E-state index contributed by atoms with van der Waals surface area (Å²) < 4.78 is 1.82. The van der Waals surface area contributed by atoms with E-state index < -0.39 is 0 Å². The van der Waals surface area contributed by atoms with Gasteiger partial charge in [-0.1, -0.05) is 13.3 Å². The lowest BCUT2D eigenvalue weighted by Crippen LogP contribution is -2.10. The highest BCUT2D eigenvalue weighted by Gasteiger charge is 2.15. The molecule has 0 aliphatic rings. The van der Waals surface area contributed by atoms with Crippen molar-refractivity contribution in [3.8, 4) is 11.4 Å². The van der Waals surface area contributed by atoms with Crippen LogP contribution < -0.4 is 5.73 Å². The summed E-state index contributed by atoms with van der Waals surface area (Å²) in [6.07, 6.45) is 5.94. The van der Waals surface area contributed by atoms with Crippen molar-refractivity contribution in [3.63, 3.8) is 0 Å². The third-order valence-electron chi connectivity index (χ3n) is 4.58. The molecule has 2 N–H and O–H groups in total. The summed E-state index contributed by atoms with van der Waals surface area (Å²) in [5.74, 6) is 0.384. The van der Waals surface area contributed by atoms with Gasteiger partial charge in [-0.25, -0.2) is 14.5 Å². The van der Waals surface area contributed by atoms with E-state index in [1.165, 1.54) is 4.88 Å². The van der Waals surface area contributed by atoms with E-state index in [-0.39, 0.29) is 0 Å². The zero-order chi connectivity index (χ0) is 18.3. The molecule has 0 saturated heterocycles. The number of aryl methyl sites for hydroxylation is 2. The summed E-state index contributed by atoms with van der Waals surface area (Å²) in [7, 11) is 0. The molecule has 0 aliphatic heterocycles. The van der Waals surface area contributed by atoms with Crippen LogP contribution in [0.4, 0.5) is 0 Å². The Kier molecular flexibility index (Phi) is 4.42. The molecule has 0 bridgehead atoms. The molecule has 0 radical (unpaired) electrons. The molecule has 1 atom stereocenters. The van der Waals surface area contributed by atoms with Crippen LogP contribution in [0, 0.1) is 13.8 Å². The number of hydrogen-bond acceptors (Lipinski definition) is 6. The summed E-state index contributed by atoms with van der Waals surface area (Å²) in [5, 5.41) is 4.66. The molecule has 4 heterocycles. The van der Waals surface area contributed by atoms with Gasteiger partial charge in [-0.15, -0.1) is 11.3 Å². The lowest BCUT2D eigenvalue weighted by atomic mass is 10.0. The van der Waals surface area contributed by atoms with Gasteiger partial charge in [0, 0.05) is 10.8 Å². The Bertz CT molecular complexity index is 1080. The van der Waals surface area contributed by atoms with Crippen molar-refractivity contribution in [1.29, 1.82) is 0 Å². The molecule has 0 unspecified atom stereocenters. The lowest BCUT2D eigenvalue weighted by molar-refractivity contribution is 0.632. The Morgan fingerprint density at radius 3 is 2.81 bits per heavy atom. The Labute approximate surface area is 156 Å². The summed E-state index contributed by atoms with van der Waals surface area (Å²) in [6.45, 7) is 6.85. The van der Waals surface area contributed by atoms with Crippen LogP contribution in [0.3, 0.4) is 0 Å². The maximum absolute atomic E-state index is 5.95. The lowest BCUT2D eigenvalue weighted by Gasteiger charge is -2.10. The normalized spacial score (nSPS) is 12.9. The molecule has 0 spiro atoms. The smallest absolute Gasteiger partial charge is 0.156 e. The molecule has 4 rings (SSSR count). The second-order valence-corrected chi connectivity index (χ2v) is 7.74. The van der Waals surface area contributed by atoms with Crippen LogP contribution in [0.15, 0.2) is 24.5 Å². The van der Waals surface area contributed by atoms with Gasteiger partial charge in [-0.2, -0.15) is 5.10 Å². The van der Waals surface area contributed by atoms with Crippen molar-refractivity contribution in [3.05, 3.63) is 40.7 Å². The Hall–Kier alpha value is -2.38. The van der Waals surface area contributed by atoms with E-state index in [4.69, 9.17) is 10.7 Å². The molecule has 0 saturated carbocycles. The molecule has 4 aromatic heterocycles. The first-order chi connectivity index (χ1) is 12.6. The molecule has 0 fully saturated rings. The highest BCUT2D eigenvalue weighted by atomic mass is 32.1. The molecule has 134 valence electrons. The first-order valence-electron chi connectivity index (χ1n) is 8.89. The zero-order valence-electron chi connectivity index (χ0n) is 15.2. The maximum atomic E-state index is 5.95. The largest absolute Gasteiger partial charge is 0.330 e. The van der Waals surface area contributed by atoms with Gasteiger partial charge in [-0.05, 0) is 44.5 Å². The second kappa shape index (κ2) is 6.74. The van der Waals surface area contributed by atoms with Gasteiger partial charge in [0.25, 0.3) is 0 Å². The van der Waals surface area contributed by atoms with E-state index >= 15 is 0 Å². The predicted molar refractivity (Wildman–Crippen MR) is 106 cm³/mol. The van der Waals surface area contributed by atoms with Crippen LogP contribution >= 0.6 is 11.3 Å². The van der Waals surface area contributed by atoms with Crippen molar-refractivity contribution in [2.45, 2.75) is 39.5 Å². The van der Waals surface area contributed by atoms with Gasteiger partial charge in [-0.3, -0.25) is 4.98 Å². The van der Waals surface area contributed by atoms with E-state index in [2.05, 4.69) is 28.1 Å². The van der Waals surface area contributed by atoms with Crippen molar-refractivity contribution in [1.82, 2.24) is 24.6 Å². The second-order valence-electron chi connectivity index (χ2n) is 6.68. The average Bonchev–Trinajstić information content (AvgIpc) is 3.21. The number of hydrogen-bond donors (Lipinski definition) is 1. The summed E-state index contributed by atoms with van der Waals surface area (Å²) in [4.78, 5) is 16.1. The highest BCUT2D eigenvalue weighted by Crippen LogP contribution is 2.32. The van der Waals surface area contributed by atoms with Crippen LogP contribution in [0.5, 0.6) is 0 Å². The van der Waals surface area contributed by atoms with Crippen LogP contribution in [0.25, 0.3) is 27.4 Å². The van der Waals surface area contributed by atoms with Gasteiger partial charge in [0.1, 0.15) is 21.7 Å². The monoisotopic (exact) mass is 366 g/mol. The first kappa shape index (κ1) is 17.1. The Balaban J connectivity index is 1.77. The zero-order valence-corrected chi connectivity index (χ0v) is 16.0. The quantitative estimate of drug-likeness (QED) is 0.580. The Morgan fingerprint density at radius 1 is 1.19 bits per heavy atom. The van der Waals surface area contributed by atoms with Crippen LogP contribution in [-0.4, -0.2) is 31.1 Å². The van der Waals surface area contributed by atoms with Crippen LogP contribution in [0.2, 0.25) is 0 Å². The molecule has 6 nitrogen and oxygen atoms in total. The van der Waals surface area contributed by atoms with E-state index in [1.54, 1.807) is 17.5 Å². The minimum atomic E-state index is 0.384. The number of nitrogens with two attached hydrogens (primary N) is 1. The predicted octanol–water partition coefficient (Wildman–Crippen LogP) is 3.86. The fourth-order valence-corrected chi connectivity index (χ4v) is 4.39. The van der Waals surface area contributed by atoms with Crippen molar-refractivity contribution in [2.75, 3.05) is 6.54 Å². The molecule has 26 heavy (non-hydrogen) atoms. The van der Waals surface area contributed by atoms with Gasteiger partial charge < -0.3 is 5.73 Å². The van der Waals surface area contributed by atoms with Crippen molar-refractivity contribution < 1.29 is 0 Å². The van der Waals surface area contributed by atoms with Gasteiger partial charge in [0.15, 0.2) is 5.65 Å². The first-order valence-corrected chi connectivity index (χ1v) is 9.71. The highest BCUT2D eigenvalue weighted by molar-refractivity contribution is 7.18. The summed E-state index contributed by atoms with van der Waals surface area (Å²) >= 11 is 1.69. The molecular formula is C19H22N6S. The van der Waals surface area contributed by atoms with Crippen LogP contribution in [-0.2, 0) is 0 Å². The average molecular weight is 366 g/mol. The Morgan fingerprint density at radius 2 is 2.04 bits per heavy atom. The molecular weight excluding hydrogens is 344 g/mol. The molecule has 0 aliphatic carbocycles. The van der Waals surface area contributed by atoms with E-state index in [1.807, 2.05) is 30.6 Å². The van der Waals surface area contributed by atoms with Crippen LogP contribution in [0.1, 0.15) is 41.8 Å². The van der Waals surface area contributed by atoms with Gasteiger partial charge in [0.05, 0.1) is 18.1 Å². The topological polar surface area (TPSA) is 82.0 Å².